The number of nitrogens with one attached hydrogen (secondary N) is 2. The highest BCUT2D eigenvalue weighted by atomic mass is 32.2. The minimum absolute atomic E-state index is 0.374. The normalized spacial score (nSPS) is 13.6. The summed E-state index contributed by atoms with van der Waals surface area (Å²) < 4.78 is 48.8. The zero-order valence-electron chi connectivity index (χ0n) is 19.1. The van der Waals surface area contributed by atoms with Crippen molar-refractivity contribution in [1.82, 2.24) is 9.44 Å². The van der Waals surface area contributed by atoms with Crippen LogP contribution in [0.15, 0.2) is 109 Å². The van der Waals surface area contributed by atoms with Crippen LogP contribution in [0, 0.1) is 0 Å². The maximum atomic E-state index is 12.0. The highest BCUT2D eigenvalue weighted by Gasteiger charge is 2.19. The molecule has 2 atom stereocenters. The molecule has 0 aliphatic rings. The molecule has 0 aromatic heterocycles. The Morgan fingerprint density at radius 1 is 0.583 bits per heavy atom. The van der Waals surface area contributed by atoms with E-state index in [1.165, 1.54) is 0 Å². The second-order valence-corrected chi connectivity index (χ2v) is 9.14. The summed E-state index contributed by atoms with van der Waals surface area (Å²) in [5.41, 5.74) is 5.19. The molecule has 8 heteroatoms. The van der Waals surface area contributed by atoms with Gasteiger partial charge in [0.2, 0.25) is 0 Å². The van der Waals surface area contributed by atoms with Crippen LogP contribution < -0.4 is 9.44 Å². The monoisotopic (exact) mass is 516 g/mol. The predicted octanol–water partition coefficient (Wildman–Crippen LogP) is 5.80. The molecule has 4 N–H and O–H groups in total. The average molecular weight is 517 g/mol. The third kappa shape index (κ3) is 6.65. The lowest BCUT2D eigenvalue weighted by Gasteiger charge is -2.20. The van der Waals surface area contributed by atoms with Crippen LogP contribution in [-0.2, 0) is 22.5 Å². The van der Waals surface area contributed by atoms with E-state index in [4.69, 9.17) is 0 Å². The van der Waals surface area contributed by atoms with Gasteiger partial charge >= 0.3 is 0 Å². The number of benzene rings is 4. The van der Waals surface area contributed by atoms with Crippen LogP contribution in [0.2, 0.25) is 0 Å². The molecule has 4 aromatic rings. The second kappa shape index (κ2) is 12.2. The van der Waals surface area contributed by atoms with E-state index in [2.05, 4.69) is 9.44 Å². The van der Waals surface area contributed by atoms with Gasteiger partial charge in [0, 0.05) is 11.1 Å². The van der Waals surface area contributed by atoms with Crippen molar-refractivity contribution in [3.05, 3.63) is 131 Å². The third-order valence-corrected chi connectivity index (χ3v) is 6.11. The summed E-state index contributed by atoms with van der Waals surface area (Å²) in [6.07, 6.45) is 3.53. The van der Waals surface area contributed by atoms with Gasteiger partial charge in [-0.25, -0.2) is 8.42 Å². The lowest BCUT2D eigenvalue weighted by atomic mass is 9.91. The first-order valence-electron chi connectivity index (χ1n) is 11.0. The molecule has 0 saturated heterocycles. The molecule has 36 heavy (non-hydrogen) atoms. The van der Waals surface area contributed by atoms with Gasteiger partial charge in [-0.1, -0.05) is 109 Å². The summed E-state index contributed by atoms with van der Waals surface area (Å²) in [4.78, 5) is 0. The quantitative estimate of drug-likeness (QED) is 0.167. The van der Waals surface area contributed by atoms with Crippen molar-refractivity contribution in [2.45, 2.75) is 0 Å². The van der Waals surface area contributed by atoms with Crippen molar-refractivity contribution >= 4 is 46.1 Å². The van der Waals surface area contributed by atoms with E-state index >= 15 is 0 Å². The van der Waals surface area contributed by atoms with Gasteiger partial charge in [-0.15, -0.1) is 0 Å². The molecular formula is C28H24N2O4S2. The first kappa shape index (κ1) is 25.3. The molecule has 0 spiro atoms. The van der Waals surface area contributed by atoms with Crippen molar-refractivity contribution in [3.63, 3.8) is 0 Å². The van der Waals surface area contributed by atoms with Crippen LogP contribution in [-0.4, -0.2) is 17.5 Å². The van der Waals surface area contributed by atoms with Gasteiger partial charge in [0.25, 0.3) is 22.5 Å². The smallest absolute Gasteiger partial charge is 0.259 e. The molecule has 182 valence electrons. The fourth-order valence-electron chi connectivity index (χ4n) is 3.86. The van der Waals surface area contributed by atoms with Gasteiger partial charge in [0.05, 0.1) is 11.4 Å². The summed E-state index contributed by atoms with van der Waals surface area (Å²) in [5.74, 6) is 0. The Morgan fingerprint density at radius 3 is 1.58 bits per heavy atom. The fraction of sp³-hybridized carbons (Fsp3) is 0. The lowest BCUT2D eigenvalue weighted by molar-refractivity contribution is 0.557. The van der Waals surface area contributed by atoms with E-state index < -0.39 is 22.5 Å². The van der Waals surface area contributed by atoms with Crippen LogP contribution in [0.5, 0.6) is 0 Å². The average Bonchev–Trinajstić information content (AvgIpc) is 2.89. The van der Waals surface area contributed by atoms with E-state index in [1.54, 1.807) is 18.2 Å². The van der Waals surface area contributed by atoms with E-state index in [0.717, 1.165) is 22.3 Å². The molecule has 0 aliphatic heterocycles. The molecule has 0 bridgehead atoms. The minimum Gasteiger partial charge on any atom is -0.289 e. The Balaban J connectivity index is 2.03. The molecule has 6 nitrogen and oxygen atoms in total. The van der Waals surface area contributed by atoms with Gasteiger partial charge in [0.15, 0.2) is 0 Å². The van der Waals surface area contributed by atoms with Crippen molar-refractivity contribution in [3.8, 4) is 11.1 Å². The third-order valence-electron chi connectivity index (χ3n) is 5.32. The van der Waals surface area contributed by atoms with Crippen molar-refractivity contribution in [2.75, 3.05) is 0 Å². The number of hydrogen-bond donors (Lipinski definition) is 4. The Bertz CT molecular complexity index is 1420. The molecule has 0 amide bonds. The zero-order valence-corrected chi connectivity index (χ0v) is 20.7. The van der Waals surface area contributed by atoms with Gasteiger partial charge < -0.3 is 0 Å². The number of hydrogen-bond acceptors (Lipinski definition) is 2. The maximum Gasteiger partial charge on any atom is 0.259 e. The van der Waals surface area contributed by atoms with Crippen LogP contribution >= 0.6 is 0 Å². The van der Waals surface area contributed by atoms with E-state index in [9.17, 15) is 17.5 Å². The molecule has 0 radical (unpaired) electrons. The van der Waals surface area contributed by atoms with Crippen LogP contribution in [0.25, 0.3) is 34.7 Å². The highest BCUT2D eigenvalue weighted by Crippen LogP contribution is 2.35. The lowest BCUT2D eigenvalue weighted by Crippen LogP contribution is -2.19. The van der Waals surface area contributed by atoms with Crippen molar-refractivity contribution < 1.29 is 17.5 Å². The van der Waals surface area contributed by atoms with Crippen molar-refractivity contribution in [1.29, 1.82) is 0 Å². The van der Waals surface area contributed by atoms with Gasteiger partial charge in [0.1, 0.15) is 0 Å². The Labute approximate surface area is 215 Å². The summed E-state index contributed by atoms with van der Waals surface area (Å²) in [6, 6.07) is 34.0. The predicted molar refractivity (Wildman–Crippen MR) is 148 cm³/mol. The second-order valence-electron chi connectivity index (χ2n) is 7.73. The zero-order chi connectivity index (χ0) is 25.3. The van der Waals surface area contributed by atoms with Crippen LogP contribution in [0.4, 0.5) is 0 Å². The van der Waals surface area contributed by atoms with E-state index in [1.807, 2.05) is 103 Å². The summed E-state index contributed by atoms with van der Waals surface area (Å²) >= 11 is -4.73. The van der Waals surface area contributed by atoms with Gasteiger partial charge in [-0.3, -0.25) is 18.5 Å². The maximum absolute atomic E-state index is 12.0. The highest BCUT2D eigenvalue weighted by molar-refractivity contribution is 7.77. The molecular weight excluding hydrogens is 492 g/mol. The first-order chi connectivity index (χ1) is 17.5. The Kier molecular flexibility index (Phi) is 8.59. The molecule has 4 aromatic carbocycles. The molecule has 4 rings (SSSR count). The van der Waals surface area contributed by atoms with Gasteiger partial charge in [-0.2, -0.15) is 0 Å². The summed E-state index contributed by atoms with van der Waals surface area (Å²) in [7, 11) is 0. The topological polar surface area (TPSA) is 98.7 Å². The fourth-order valence-corrected chi connectivity index (χ4v) is 4.57. The molecule has 0 aliphatic carbocycles. The Morgan fingerprint density at radius 2 is 1.06 bits per heavy atom. The van der Waals surface area contributed by atoms with E-state index in [-0.39, 0.29) is 0 Å². The standard InChI is InChI=1S/C28H24N2O4S2/c31-35(32)29-26(19-21-11-4-1-5-12-21)25-18-10-17-24(23-15-8-3-9-16-23)28(25)27(30-36(33)34)20-22-13-6-2-7-14-22/h1-20,29-30H,(H,31,32)(H,33,34). The van der Waals surface area contributed by atoms with Gasteiger partial charge in [-0.05, 0) is 34.4 Å². The van der Waals surface area contributed by atoms with Crippen LogP contribution in [0.1, 0.15) is 22.3 Å². The summed E-state index contributed by atoms with van der Waals surface area (Å²) in [6.45, 7) is 0. The number of rotatable bonds is 9. The van der Waals surface area contributed by atoms with E-state index in [0.29, 0.717) is 22.5 Å². The molecule has 0 saturated carbocycles. The Hall–Kier alpha value is -3.82. The first-order valence-corrected chi connectivity index (χ1v) is 13.2. The van der Waals surface area contributed by atoms with Crippen molar-refractivity contribution in [2.24, 2.45) is 0 Å². The van der Waals surface area contributed by atoms with Crippen LogP contribution in [0.3, 0.4) is 0 Å². The molecule has 0 fully saturated rings. The molecule has 0 heterocycles. The minimum atomic E-state index is -2.37. The largest absolute Gasteiger partial charge is 0.289 e. The SMILES string of the molecule is O=S(O)NC(=Cc1ccccc1)c1cccc(-c2ccccc2)c1C(=Cc1ccccc1)NS(=O)O. The molecule has 2 unspecified atom stereocenters. The summed E-state index contributed by atoms with van der Waals surface area (Å²) in [5, 5.41) is 0.